The van der Waals surface area contributed by atoms with E-state index in [-0.39, 0.29) is 0 Å². The van der Waals surface area contributed by atoms with Crippen molar-refractivity contribution < 1.29 is 39.4 Å². The molecule has 0 saturated heterocycles. The molecule has 4 atom stereocenters. The molecule has 1 rings (SSSR count). The highest BCUT2D eigenvalue weighted by Crippen LogP contribution is 2.26. The molecule has 0 radical (unpaired) electrons. The molecule has 4 N–H and O–H groups in total. The summed E-state index contributed by atoms with van der Waals surface area (Å²) in [4.78, 5) is 11.6. The topological polar surface area (TPSA) is 126 Å². The smallest absolute Gasteiger partial charge is 0.313 e. The minimum absolute atomic E-state index is 0.508. The van der Waals surface area contributed by atoms with Crippen LogP contribution in [0.2, 0.25) is 0 Å². The van der Waals surface area contributed by atoms with Crippen LogP contribution in [0, 0.1) is 5.41 Å². The minimum Gasteiger partial charge on any atom is -0.438 e. The first kappa shape index (κ1) is 18.3. The van der Waals surface area contributed by atoms with Crippen molar-refractivity contribution in [2.75, 3.05) is 13.9 Å². The molecule has 1 aliphatic carbocycles. The van der Waals surface area contributed by atoms with Gasteiger partial charge in [0.1, 0.15) is 36.6 Å². The van der Waals surface area contributed by atoms with Gasteiger partial charge >= 0.3 is 5.97 Å². The van der Waals surface area contributed by atoms with Crippen molar-refractivity contribution in [3.63, 3.8) is 0 Å². The van der Waals surface area contributed by atoms with E-state index in [1.54, 1.807) is 20.8 Å². The number of rotatable bonds is 4. The summed E-state index contributed by atoms with van der Waals surface area (Å²) in [5.41, 5.74) is -0.715. The highest BCUT2D eigenvalue weighted by Gasteiger charge is 2.50. The minimum atomic E-state index is -1.48. The molecule has 4 unspecified atom stereocenters. The molecule has 0 aromatic heterocycles. The number of carbonyl (C=O) groups excluding carboxylic acids is 1. The summed E-state index contributed by atoms with van der Waals surface area (Å²) in [7, 11) is 1.24. The van der Waals surface area contributed by atoms with Crippen LogP contribution >= 0.6 is 0 Å². The van der Waals surface area contributed by atoms with Gasteiger partial charge in [-0.3, -0.25) is 4.79 Å². The number of hydrogen-bond donors (Lipinski definition) is 4. The van der Waals surface area contributed by atoms with Crippen molar-refractivity contribution in [2.24, 2.45) is 5.41 Å². The molecule has 1 fully saturated rings. The average molecular weight is 308 g/mol. The van der Waals surface area contributed by atoms with Gasteiger partial charge in [0.25, 0.3) is 0 Å². The third kappa shape index (κ3) is 4.12. The van der Waals surface area contributed by atoms with Gasteiger partial charge in [0.15, 0.2) is 6.79 Å². The number of carbonyl (C=O) groups is 1. The van der Waals surface area contributed by atoms with Crippen molar-refractivity contribution in [3.8, 4) is 0 Å². The highest BCUT2D eigenvalue weighted by atomic mass is 16.7. The van der Waals surface area contributed by atoms with Gasteiger partial charge in [-0.1, -0.05) is 0 Å². The Morgan fingerprint density at radius 3 is 1.76 bits per heavy atom. The van der Waals surface area contributed by atoms with Crippen molar-refractivity contribution in [2.45, 2.75) is 57.4 Å². The van der Waals surface area contributed by atoms with Crippen molar-refractivity contribution >= 4 is 5.97 Å². The lowest BCUT2D eigenvalue weighted by molar-refractivity contribution is -0.255. The van der Waals surface area contributed by atoms with Crippen LogP contribution in [0.4, 0.5) is 0 Å². The van der Waals surface area contributed by atoms with Crippen LogP contribution in [-0.2, 0) is 19.0 Å². The molecular formula is C13H24O8. The maximum atomic E-state index is 11.6. The zero-order valence-electron chi connectivity index (χ0n) is 12.6. The molecule has 8 heteroatoms. The first-order valence-corrected chi connectivity index (χ1v) is 6.65. The fourth-order valence-corrected chi connectivity index (χ4v) is 2.04. The highest BCUT2D eigenvalue weighted by molar-refractivity contribution is 5.75. The SMILES string of the molecule is COC1C(O)C(O)C(OCOC(=O)C(C)(C)C)C(O)C1O. The van der Waals surface area contributed by atoms with Crippen LogP contribution in [0.5, 0.6) is 0 Å². The van der Waals surface area contributed by atoms with Crippen LogP contribution in [-0.4, -0.2) is 76.9 Å². The Morgan fingerprint density at radius 2 is 1.38 bits per heavy atom. The van der Waals surface area contributed by atoms with E-state index in [2.05, 4.69) is 0 Å². The van der Waals surface area contributed by atoms with Crippen LogP contribution in [0.3, 0.4) is 0 Å². The molecule has 0 bridgehead atoms. The molecule has 0 heterocycles. The predicted octanol–water partition coefficient (Wildman–Crippen LogP) is -1.61. The molecule has 0 aromatic rings. The summed E-state index contributed by atoms with van der Waals surface area (Å²) in [6.45, 7) is 4.48. The van der Waals surface area contributed by atoms with Gasteiger partial charge in [0.05, 0.1) is 5.41 Å². The van der Waals surface area contributed by atoms with Gasteiger partial charge in [-0.05, 0) is 20.8 Å². The Morgan fingerprint density at radius 1 is 0.952 bits per heavy atom. The monoisotopic (exact) mass is 308 g/mol. The summed E-state index contributed by atoms with van der Waals surface area (Å²) in [5, 5.41) is 39.4. The van der Waals surface area contributed by atoms with Crippen LogP contribution in [0.15, 0.2) is 0 Å². The molecule has 1 saturated carbocycles. The Bertz CT molecular complexity index is 337. The molecule has 8 nitrogen and oxygen atoms in total. The van der Waals surface area contributed by atoms with E-state index in [1.807, 2.05) is 0 Å². The van der Waals surface area contributed by atoms with Crippen LogP contribution in [0.1, 0.15) is 20.8 Å². The van der Waals surface area contributed by atoms with E-state index in [9.17, 15) is 25.2 Å². The van der Waals surface area contributed by atoms with E-state index in [0.717, 1.165) is 0 Å². The van der Waals surface area contributed by atoms with E-state index in [4.69, 9.17) is 14.2 Å². The average Bonchev–Trinajstić information content (AvgIpc) is 2.40. The quantitative estimate of drug-likeness (QED) is 0.361. The molecule has 21 heavy (non-hydrogen) atoms. The zero-order chi connectivity index (χ0) is 16.4. The predicted molar refractivity (Wildman–Crippen MR) is 70.1 cm³/mol. The first-order valence-electron chi connectivity index (χ1n) is 6.65. The number of esters is 1. The van der Waals surface area contributed by atoms with Gasteiger partial charge in [0, 0.05) is 7.11 Å². The largest absolute Gasteiger partial charge is 0.438 e. The van der Waals surface area contributed by atoms with Gasteiger partial charge in [0.2, 0.25) is 0 Å². The number of aliphatic hydroxyl groups excluding tert-OH is 4. The Kier molecular flexibility index (Phi) is 6.09. The van der Waals surface area contributed by atoms with Gasteiger partial charge in [-0.2, -0.15) is 0 Å². The van der Waals surface area contributed by atoms with Crippen LogP contribution in [0.25, 0.3) is 0 Å². The lowest BCUT2D eigenvalue weighted by atomic mass is 9.85. The normalized spacial score (nSPS) is 37.3. The maximum Gasteiger partial charge on any atom is 0.313 e. The Hall–Kier alpha value is -0.770. The van der Waals surface area contributed by atoms with Crippen molar-refractivity contribution in [1.82, 2.24) is 0 Å². The summed E-state index contributed by atoms with van der Waals surface area (Å²) in [6.07, 6.45) is -8.27. The third-order valence-corrected chi connectivity index (χ3v) is 3.38. The van der Waals surface area contributed by atoms with Crippen LogP contribution < -0.4 is 0 Å². The fourth-order valence-electron chi connectivity index (χ4n) is 2.04. The molecular weight excluding hydrogens is 284 g/mol. The van der Waals surface area contributed by atoms with Crippen molar-refractivity contribution in [3.05, 3.63) is 0 Å². The van der Waals surface area contributed by atoms with Crippen molar-refractivity contribution in [1.29, 1.82) is 0 Å². The second kappa shape index (κ2) is 6.99. The second-order valence-electron chi connectivity index (χ2n) is 6.09. The maximum absolute atomic E-state index is 11.6. The van der Waals surface area contributed by atoms with E-state index < -0.39 is 54.8 Å². The number of hydrogen-bond acceptors (Lipinski definition) is 8. The van der Waals surface area contributed by atoms with Gasteiger partial charge in [-0.15, -0.1) is 0 Å². The van der Waals surface area contributed by atoms with E-state index in [0.29, 0.717) is 0 Å². The fraction of sp³-hybridized carbons (Fsp3) is 0.923. The summed E-state index contributed by atoms with van der Waals surface area (Å²) in [5.74, 6) is -0.516. The first-order chi connectivity index (χ1) is 9.61. The lowest BCUT2D eigenvalue weighted by Crippen LogP contribution is -2.64. The Balaban J connectivity index is 2.60. The molecule has 0 aliphatic heterocycles. The number of methoxy groups -OCH3 is 1. The third-order valence-electron chi connectivity index (χ3n) is 3.38. The molecule has 0 spiro atoms. The lowest BCUT2D eigenvalue weighted by Gasteiger charge is -2.42. The van der Waals surface area contributed by atoms with E-state index in [1.165, 1.54) is 7.11 Å². The summed E-state index contributed by atoms with van der Waals surface area (Å²) < 4.78 is 14.8. The van der Waals surface area contributed by atoms with Gasteiger partial charge < -0.3 is 34.6 Å². The standard InChI is InChI=1S/C13H24O8/c1-13(2,3)12(18)21-5-20-11-8(16)6(14)10(19-4)7(15)9(11)17/h6-11,14-17H,5H2,1-4H3. The molecule has 1 aliphatic rings. The van der Waals surface area contributed by atoms with E-state index >= 15 is 0 Å². The summed E-state index contributed by atoms with van der Waals surface area (Å²) >= 11 is 0. The summed E-state index contributed by atoms with van der Waals surface area (Å²) in [6, 6.07) is 0. The molecule has 124 valence electrons. The molecule has 0 amide bonds. The number of ether oxygens (including phenoxy) is 3. The zero-order valence-corrected chi connectivity index (χ0v) is 12.6. The number of aliphatic hydroxyl groups is 4. The Labute approximate surface area is 123 Å². The molecule has 0 aromatic carbocycles. The van der Waals surface area contributed by atoms with Gasteiger partial charge in [-0.25, -0.2) is 0 Å². The second-order valence-corrected chi connectivity index (χ2v) is 6.09.